The predicted molar refractivity (Wildman–Crippen MR) is 97.3 cm³/mol. The van der Waals surface area contributed by atoms with Gasteiger partial charge in [0.2, 0.25) is 0 Å². The van der Waals surface area contributed by atoms with Crippen LogP contribution in [0.25, 0.3) is 0 Å². The monoisotopic (exact) mass is 376 g/mol. The van der Waals surface area contributed by atoms with Gasteiger partial charge in [-0.25, -0.2) is 0 Å². The Labute approximate surface area is 150 Å². The van der Waals surface area contributed by atoms with Crippen LogP contribution in [-0.2, 0) is 10.6 Å². The van der Waals surface area contributed by atoms with Crippen LogP contribution >= 0.6 is 11.8 Å². The molecule has 1 aliphatic rings. The van der Waals surface area contributed by atoms with Crippen LogP contribution in [-0.4, -0.2) is 21.8 Å². The molecule has 0 N–H and O–H groups in total. The number of thioether (sulfide) groups is 1. The Morgan fingerprint density at radius 2 is 1.88 bits per heavy atom. The highest BCUT2D eigenvalue weighted by molar-refractivity contribution is 7.99. The minimum absolute atomic E-state index is 0.0103. The van der Waals surface area contributed by atoms with Gasteiger partial charge in [-0.3, -0.25) is 0 Å². The maximum Gasteiger partial charge on any atom is 0.416 e. The summed E-state index contributed by atoms with van der Waals surface area (Å²) in [7, 11) is 0.696. The fourth-order valence-corrected chi connectivity index (χ4v) is 5.89. The van der Waals surface area contributed by atoms with E-state index in [2.05, 4.69) is 34.6 Å². The Hall–Kier alpha value is -0.463. The molecule has 1 fully saturated rings. The predicted octanol–water partition coefficient (Wildman–Crippen LogP) is 4.93. The van der Waals surface area contributed by atoms with Crippen LogP contribution in [0.3, 0.4) is 0 Å². The Morgan fingerprint density at radius 1 is 1.25 bits per heavy atom. The first-order valence-corrected chi connectivity index (χ1v) is 10.0. The Balaban J connectivity index is 2.13. The summed E-state index contributed by atoms with van der Waals surface area (Å²) in [6.45, 7) is 11.1. The number of alkyl halides is 3. The van der Waals surface area contributed by atoms with Gasteiger partial charge in [-0.15, -0.1) is 11.8 Å². The largest absolute Gasteiger partial charge is 0.422 e. The van der Waals surface area contributed by atoms with Gasteiger partial charge in [0.25, 0.3) is 0 Å². The first kappa shape index (κ1) is 19.9. The molecule has 0 amide bonds. The van der Waals surface area contributed by atoms with Crippen molar-refractivity contribution in [3.8, 4) is 0 Å². The molecule has 1 nitrogen and oxygen atoms in total. The van der Waals surface area contributed by atoms with Crippen LogP contribution < -0.4 is 0 Å². The summed E-state index contributed by atoms with van der Waals surface area (Å²) in [6.07, 6.45) is -3.32. The zero-order chi connectivity index (χ0) is 18.4. The molecule has 0 spiro atoms. The van der Waals surface area contributed by atoms with Gasteiger partial charge in [0, 0.05) is 16.1 Å². The van der Waals surface area contributed by atoms with Gasteiger partial charge in [0.1, 0.15) is 10.5 Å². The molecule has 1 aromatic rings. The average molecular weight is 377 g/mol. The topological polar surface area (TPSA) is 9.23 Å². The van der Waals surface area contributed by atoms with Gasteiger partial charge in [-0.1, -0.05) is 33.8 Å². The van der Waals surface area contributed by atoms with Crippen molar-refractivity contribution in [3.63, 3.8) is 0 Å². The van der Waals surface area contributed by atoms with E-state index < -0.39 is 11.7 Å². The van der Waals surface area contributed by atoms with Crippen molar-refractivity contribution in [2.24, 2.45) is 16.7 Å². The quantitative estimate of drug-likeness (QED) is 0.544. The number of hydrogen-bond donors (Lipinski definition) is 0. The molecule has 136 valence electrons. The summed E-state index contributed by atoms with van der Waals surface area (Å²) in [4.78, 5) is 0.682. The minimum Gasteiger partial charge on any atom is -0.422 e. The zero-order valence-corrected chi connectivity index (χ0v) is 18.1. The van der Waals surface area contributed by atoms with Crippen molar-refractivity contribution < 1.29 is 17.6 Å². The second kappa shape index (κ2) is 6.36. The van der Waals surface area contributed by atoms with E-state index in [-0.39, 0.29) is 16.4 Å². The number of hydrogen-bond acceptors (Lipinski definition) is 2. The third-order valence-corrected chi connectivity index (χ3v) is 8.23. The Bertz CT molecular complexity index is 599. The lowest BCUT2D eigenvalue weighted by molar-refractivity contribution is -0.217. The van der Waals surface area contributed by atoms with Crippen molar-refractivity contribution in [2.45, 2.75) is 57.7 Å². The summed E-state index contributed by atoms with van der Waals surface area (Å²) >= 11 is 1.52. The zero-order valence-electron chi connectivity index (χ0n) is 15.3. The van der Waals surface area contributed by atoms with Gasteiger partial charge < -0.3 is 4.43 Å². The van der Waals surface area contributed by atoms with Crippen molar-refractivity contribution in [1.29, 1.82) is 0 Å². The third-order valence-electron chi connectivity index (χ3n) is 6.17. The molecule has 6 heteroatoms. The molecule has 1 unspecified atom stereocenters. The van der Waals surface area contributed by atoms with Crippen LogP contribution in [0.1, 0.15) is 46.6 Å². The van der Waals surface area contributed by atoms with E-state index in [4.69, 9.17) is 4.43 Å². The highest BCUT2D eigenvalue weighted by atomic mass is 32.2. The lowest BCUT2D eigenvalue weighted by Gasteiger charge is -2.67. The Kier molecular flexibility index (Phi) is 5.26. The van der Waals surface area contributed by atoms with E-state index in [0.29, 0.717) is 21.3 Å². The lowest BCUT2D eigenvalue weighted by atomic mass is 9.43. The molecule has 1 aliphatic carbocycles. The molecular weight excluding hydrogens is 349 g/mol. The molecule has 0 bridgehead atoms. The number of rotatable bonds is 4. The van der Waals surface area contributed by atoms with Crippen LogP contribution in [0.2, 0.25) is 0 Å². The molecule has 24 heavy (non-hydrogen) atoms. The molecule has 0 saturated heterocycles. The maximum atomic E-state index is 12.8. The summed E-state index contributed by atoms with van der Waals surface area (Å²) in [6, 6.07) is 5.62. The fraction of sp³-hybridized carbons (Fsp3) is 0.667. The van der Waals surface area contributed by atoms with Crippen molar-refractivity contribution in [3.05, 3.63) is 29.8 Å². The summed E-state index contributed by atoms with van der Waals surface area (Å²) in [5, 5.41) is 0. The van der Waals surface area contributed by atoms with Crippen LogP contribution in [0.4, 0.5) is 13.2 Å². The summed E-state index contributed by atoms with van der Waals surface area (Å²) in [5.41, 5.74) is -0.622. The standard InChI is InChI=1S/C18H27F3OSSi/c1-15(2,3)17(5)13(10-16(17,4)22-24)11-23-14-8-6-7-12(9-14)18(19,20)21/h6-9,13H,10-11H2,1-5,24H3/t13-,16-,17?/m1/s1. The van der Waals surface area contributed by atoms with Crippen LogP contribution in [0.15, 0.2) is 29.2 Å². The highest BCUT2D eigenvalue weighted by Gasteiger charge is 2.64. The highest BCUT2D eigenvalue weighted by Crippen LogP contribution is 2.65. The van der Waals surface area contributed by atoms with Gasteiger partial charge in [0.15, 0.2) is 0 Å². The smallest absolute Gasteiger partial charge is 0.416 e. The van der Waals surface area contributed by atoms with Crippen molar-refractivity contribution in [2.75, 3.05) is 5.75 Å². The van der Waals surface area contributed by atoms with Gasteiger partial charge >= 0.3 is 6.18 Å². The second-order valence-electron chi connectivity index (χ2n) is 8.12. The molecule has 0 aromatic heterocycles. The second-order valence-corrected chi connectivity index (χ2v) is 9.63. The van der Waals surface area contributed by atoms with E-state index in [1.165, 1.54) is 23.9 Å². The first-order chi connectivity index (χ1) is 10.8. The Morgan fingerprint density at radius 3 is 2.38 bits per heavy atom. The first-order valence-electron chi connectivity index (χ1n) is 8.20. The molecule has 2 rings (SSSR count). The van der Waals surface area contributed by atoms with Crippen molar-refractivity contribution in [1.82, 2.24) is 0 Å². The van der Waals surface area contributed by atoms with Gasteiger partial charge in [-0.2, -0.15) is 13.2 Å². The summed E-state index contributed by atoms with van der Waals surface area (Å²) < 4.78 is 44.5. The fourth-order valence-electron chi connectivity index (χ4n) is 4.07. The van der Waals surface area contributed by atoms with E-state index in [1.807, 2.05) is 0 Å². The SMILES string of the molecule is CC(C)(C)C1(C)[C@@H](CSc2cccc(C(F)(F)F)c2)C[C@@]1(C)O[SiH3]. The van der Waals surface area contributed by atoms with Gasteiger partial charge in [0.05, 0.1) is 11.2 Å². The van der Waals surface area contributed by atoms with Crippen molar-refractivity contribution >= 4 is 22.2 Å². The van der Waals surface area contributed by atoms with E-state index >= 15 is 0 Å². The third kappa shape index (κ3) is 3.29. The van der Waals surface area contributed by atoms with Gasteiger partial charge in [-0.05, 0) is 42.9 Å². The maximum absolute atomic E-state index is 12.8. The molecular formula is C18H27F3OSSi. The average Bonchev–Trinajstić information content (AvgIpc) is 2.48. The van der Waals surface area contributed by atoms with Crippen LogP contribution in [0.5, 0.6) is 0 Å². The van der Waals surface area contributed by atoms with E-state index in [9.17, 15) is 13.2 Å². The van der Waals surface area contributed by atoms with E-state index in [0.717, 1.165) is 18.2 Å². The molecule has 0 radical (unpaired) electrons. The normalized spacial score (nSPS) is 31.1. The lowest BCUT2D eigenvalue weighted by Crippen LogP contribution is -2.67. The molecule has 1 saturated carbocycles. The molecule has 0 aliphatic heterocycles. The minimum atomic E-state index is -4.29. The van der Waals surface area contributed by atoms with Crippen LogP contribution in [0, 0.1) is 16.7 Å². The molecule has 3 atom stereocenters. The van der Waals surface area contributed by atoms with E-state index in [1.54, 1.807) is 6.07 Å². The molecule has 0 heterocycles. The molecule has 1 aromatic carbocycles. The number of halogens is 3. The summed E-state index contributed by atoms with van der Waals surface area (Å²) in [5.74, 6) is 1.24. The number of benzene rings is 1.